The molecule has 0 aromatic heterocycles. The average molecular weight is 508 g/mol. The molecule has 2 aliphatic rings. The lowest BCUT2D eigenvalue weighted by molar-refractivity contribution is -0.133. The van der Waals surface area contributed by atoms with Crippen LogP contribution in [0.25, 0.3) is 0 Å². The zero-order valence-corrected chi connectivity index (χ0v) is 21.0. The molecule has 9 heteroatoms. The molecule has 1 amide bonds. The molecule has 8 nitrogen and oxygen atoms in total. The minimum atomic E-state index is -3.66. The van der Waals surface area contributed by atoms with Crippen LogP contribution in [-0.2, 0) is 21.2 Å². The molecule has 0 unspecified atom stereocenters. The Kier molecular flexibility index (Phi) is 6.73. The van der Waals surface area contributed by atoms with E-state index in [0.29, 0.717) is 44.9 Å². The van der Waals surface area contributed by atoms with Gasteiger partial charge in [-0.2, -0.15) is 0 Å². The van der Waals surface area contributed by atoms with E-state index >= 15 is 0 Å². The van der Waals surface area contributed by atoms with Crippen molar-refractivity contribution in [2.24, 2.45) is 0 Å². The fourth-order valence-corrected chi connectivity index (χ4v) is 6.22. The molecule has 0 saturated carbocycles. The van der Waals surface area contributed by atoms with Crippen molar-refractivity contribution >= 4 is 27.3 Å². The van der Waals surface area contributed by atoms with Crippen LogP contribution in [0.1, 0.15) is 5.56 Å². The van der Waals surface area contributed by atoms with Crippen LogP contribution in [0.5, 0.6) is 11.5 Å². The van der Waals surface area contributed by atoms with E-state index < -0.39 is 10.0 Å². The SMILES string of the molecule is COc1ccccc1N1CCN(C(=O)COc2ccc(S(=O)(=O)N3CCc4ccccc43)cc2)CC1. The third-order valence-corrected chi connectivity index (χ3v) is 8.50. The summed E-state index contributed by atoms with van der Waals surface area (Å²) in [4.78, 5) is 16.9. The van der Waals surface area contributed by atoms with Crippen LogP contribution < -0.4 is 18.7 Å². The Morgan fingerprint density at radius 1 is 0.833 bits per heavy atom. The quantitative estimate of drug-likeness (QED) is 0.489. The van der Waals surface area contributed by atoms with E-state index in [4.69, 9.17) is 9.47 Å². The average Bonchev–Trinajstić information content (AvgIpc) is 3.37. The lowest BCUT2D eigenvalue weighted by Gasteiger charge is -2.36. The Balaban J connectivity index is 1.15. The number of carbonyl (C=O) groups is 1. The number of carbonyl (C=O) groups excluding carboxylic acids is 1. The maximum absolute atomic E-state index is 13.2. The molecule has 5 rings (SSSR count). The molecule has 0 N–H and O–H groups in total. The van der Waals surface area contributed by atoms with E-state index in [1.54, 1.807) is 24.1 Å². The second kappa shape index (κ2) is 10.1. The summed E-state index contributed by atoms with van der Waals surface area (Å²) >= 11 is 0. The number of piperazine rings is 1. The smallest absolute Gasteiger partial charge is 0.264 e. The highest BCUT2D eigenvalue weighted by Crippen LogP contribution is 2.33. The molecule has 1 fully saturated rings. The van der Waals surface area contributed by atoms with E-state index in [9.17, 15) is 13.2 Å². The highest BCUT2D eigenvalue weighted by atomic mass is 32.2. The molecule has 0 radical (unpaired) electrons. The summed E-state index contributed by atoms with van der Waals surface area (Å²) < 4.78 is 38.9. The van der Waals surface area contributed by atoms with Gasteiger partial charge in [0, 0.05) is 32.7 Å². The molecule has 0 aliphatic carbocycles. The number of ether oxygens (including phenoxy) is 2. The van der Waals surface area contributed by atoms with Crippen molar-refractivity contribution in [3.8, 4) is 11.5 Å². The van der Waals surface area contributed by atoms with Gasteiger partial charge in [-0.05, 0) is 54.4 Å². The number of sulfonamides is 1. The van der Waals surface area contributed by atoms with Crippen molar-refractivity contribution in [1.82, 2.24) is 4.90 Å². The second-order valence-electron chi connectivity index (χ2n) is 8.76. The summed E-state index contributed by atoms with van der Waals surface area (Å²) in [7, 11) is -2.01. The van der Waals surface area contributed by atoms with Gasteiger partial charge in [-0.3, -0.25) is 9.10 Å². The summed E-state index contributed by atoms with van der Waals surface area (Å²) in [5.74, 6) is 1.18. The fraction of sp³-hybridized carbons (Fsp3) is 0.296. The number of para-hydroxylation sites is 3. The van der Waals surface area contributed by atoms with Crippen LogP contribution in [0.4, 0.5) is 11.4 Å². The highest BCUT2D eigenvalue weighted by molar-refractivity contribution is 7.92. The number of benzene rings is 3. The fourth-order valence-electron chi connectivity index (χ4n) is 4.72. The first-order chi connectivity index (χ1) is 17.5. The molecule has 2 aliphatic heterocycles. The predicted molar refractivity (Wildman–Crippen MR) is 138 cm³/mol. The Morgan fingerprint density at radius 2 is 1.50 bits per heavy atom. The molecule has 3 aromatic carbocycles. The van der Waals surface area contributed by atoms with Gasteiger partial charge in [0.25, 0.3) is 15.9 Å². The van der Waals surface area contributed by atoms with Gasteiger partial charge in [0.1, 0.15) is 11.5 Å². The Morgan fingerprint density at radius 3 is 2.22 bits per heavy atom. The molecule has 3 aromatic rings. The number of nitrogens with zero attached hydrogens (tertiary/aromatic N) is 3. The summed E-state index contributed by atoms with van der Waals surface area (Å²) in [6, 6.07) is 21.7. The van der Waals surface area contributed by atoms with Gasteiger partial charge in [0.05, 0.1) is 23.4 Å². The number of fused-ring (bicyclic) bond motifs is 1. The largest absolute Gasteiger partial charge is 0.495 e. The third-order valence-electron chi connectivity index (χ3n) is 6.68. The standard InChI is InChI=1S/C27H29N3O5S/c1-34-26-9-5-4-8-25(26)28-16-18-29(19-17-28)27(31)20-35-22-10-12-23(13-11-22)36(32,33)30-15-14-21-6-2-3-7-24(21)30/h2-13H,14-20H2,1H3. The van der Waals surface area contributed by atoms with Gasteiger partial charge in [0.2, 0.25) is 0 Å². The number of hydrogen-bond acceptors (Lipinski definition) is 6. The van der Waals surface area contributed by atoms with Crippen molar-refractivity contribution in [3.63, 3.8) is 0 Å². The van der Waals surface area contributed by atoms with Crippen molar-refractivity contribution in [2.45, 2.75) is 11.3 Å². The predicted octanol–water partition coefficient (Wildman–Crippen LogP) is 3.17. The number of hydrogen-bond donors (Lipinski definition) is 0. The summed E-state index contributed by atoms with van der Waals surface area (Å²) in [5.41, 5.74) is 2.79. The number of anilines is 2. The molecule has 0 atom stereocenters. The van der Waals surface area contributed by atoms with Gasteiger partial charge in [0.15, 0.2) is 6.61 Å². The minimum Gasteiger partial charge on any atom is -0.495 e. The zero-order chi connectivity index (χ0) is 25.1. The van der Waals surface area contributed by atoms with Crippen molar-refractivity contribution in [2.75, 3.05) is 55.6 Å². The lowest BCUT2D eigenvalue weighted by Crippen LogP contribution is -2.50. The third kappa shape index (κ3) is 4.70. The maximum atomic E-state index is 13.2. The summed E-state index contributed by atoms with van der Waals surface area (Å²) in [6.07, 6.45) is 0.700. The van der Waals surface area contributed by atoms with Gasteiger partial charge >= 0.3 is 0 Å². The van der Waals surface area contributed by atoms with Crippen molar-refractivity contribution in [3.05, 3.63) is 78.4 Å². The van der Waals surface area contributed by atoms with Gasteiger partial charge < -0.3 is 19.3 Å². The number of rotatable bonds is 7. The first kappa shape index (κ1) is 24.0. The number of methoxy groups -OCH3 is 1. The summed E-state index contributed by atoms with van der Waals surface area (Å²) in [6.45, 7) is 2.93. The molecule has 1 saturated heterocycles. The van der Waals surface area contributed by atoms with Crippen LogP contribution in [0, 0.1) is 0 Å². The van der Waals surface area contributed by atoms with E-state index in [1.165, 1.54) is 16.4 Å². The molecular weight excluding hydrogens is 478 g/mol. The van der Waals surface area contributed by atoms with E-state index in [-0.39, 0.29) is 17.4 Å². The first-order valence-corrected chi connectivity index (χ1v) is 13.4. The molecule has 0 bridgehead atoms. The summed E-state index contributed by atoms with van der Waals surface area (Å²) in [5, 5.41) is 0. The Labute approximate surface area is 211 Å². The normalized spacial score (nSPS) is 15.5. The highest BCUT2D eigenvalue weighted by Gasteiger charge is 2.30. The van der Waals surface area contributed by atoms with Crippen LogP contribution in [0.3, 0.4) is 0 Å². The van der Waals surface area contributed by atoms with Crippen LogP contribution >= 0.6 is 0 Å². The topological polar surface area (TPSA) is 79.4 Å². The second-order valence-corrected chi connectivity index (χ2v) is 10.6. The molecular formula is C27H29N3O5S. The van der Waals surface area contributed by atoms with E-state index in [0.717, 1.165) is 22.7 Å². The van der Waals surface area contributed by atoms with Gasteiger partial charge in [-0.1, -0.05) is 30.3 Å². The Hall–Kier alpha value is -3.72. The Bertz CT molecular complexity index is 1340. The van der Waals surface area contributed by atoms with Gasteiger partial charge in [-0.25, -0.2) is 8.42 Å². The maximum Gasteiger partial charge on any atom is 0.264 e. The molecule has 2 heterocycles. The molecule has 188 valence electrons. The van der Waals surface area contributed by atoms with Crippen molar-refractivity contribution in [1.29, 1.82) is 0 Å². The van der Waals surface area contributed by atoms with Gasteiger partial charge in [-0.15, -0.1) is 0 Å². The van der Waals surface area contributed by atoms with E-state index in [2.05, 4.69) is 4.90 Å². The monoisotopic (exact) mass is 507 g/mol. The van der Waals surface area contributed by atoms with Crippen molar-refractivity contribution < 1.29 is 22.7 Å². The van der Waals surface area contributed by atoms with Crippen LogP contribution in [0.2, 0.25) is 0 Å². The lowest BCUT2D eigenvalue weighted by atomic mass is 10.2. The molecule has 36 heavy (non-hydrogen) atoms. The first-order valence-electron chi connectivity index (χ1n) is 12.0. The molecule has 0 spiro atoms. The van der Waals surface area contributed by atoms with Crippen LogP contribution in [-0.4, -0.2) is 65.7 Å². The zero-order valence-electron chi connectivity index (χ0n) is 20.2. The van der Waals surface area contributed by atoms with E-state index in [1.807, 2.05) is 48.5 Å². The number of amides is 1. The van der Waals surface area contributed by atoms with Crippen LogP contribution in [0.15, 0.2) is 77.7 Å². The minimum absolute atomic E-state index is 0.0970.